The summed E-state index contributed by atoms with van der Waals surface area (Å²) in [4.78, 5) is 11.0. The summed E-state index contributed by atoms with van der Waals surface area (Å²) in [6.45, 7) is 6.93. The maximum Gasteiger partial charge on any atom is 0.170 e. The molecule has 18 heavy (non-hydrogen) atoms. The molecule has 0 amide bonds. The monoisotopic (exact) mass is 242 g/mol. The number of aromatic nitrogens is 2. The molecule has 1 aromatic carbocycles. The number of hydrogen-bond donors (Lipinski definition) is 0. The van der Waals surface area contributed by atoms with Crippen LogP contribution >= 0.6 is 0 Å². The molecule has 0 radical (unpaired) electrons. The number of nitrogens with zero attached hydrogens (tertiary/aromatic N) is 2. The van der Waals surface area contributed by atoms with Crippen LogP contribution in [0.2, 0.25) is 0 Å². The molecular weight excluding hydrogens is 224 g/mol. The molecule has 3 nitrogen and oxygen atoms in total. The summed E-state index contributed by atoms with van der Waals surface area (Å²) in [5, 5.41) is 4.39. The zero-order valence-corrected chi connectivity index (χ0v) is 11.1. The predicted molar refractivity (Wildman–Crippen MR) is 72.0 cm³/mol. The van der Waals surface area contributed by atoms with E-state index >= 15 is 0 Å². The smallest absolute Gasteiger partial charge is 0.170 e. The fourth-order valence-electron chi connectivity index (χ4n) is 2.30. The second kappa shape index (κ2) is 5.17. The first-order valence-electron chi connectivity index (χ1n) is 6.20. The molecule has 0 saturated heterocycles. The summed E-state index contributed by atoms with van der Waals surface area (Å²) in [5.74, 6) is 0.356. The Morgan fingerprint density at radius 2 is 1.94 bits per heavy atom. The Balaban J connectivity index is 2.41. The average Bonchev–Trinajstić information content (AvgIpc) is 2.66. The SMILES string of the molecule is Cc1c(C=O)nn(Cc2ccccc2)c1C(C)C. The Kier molecular flexibility index (Phi) is 3.60. The van der Waals surface area contributed by atoms with E-state index in [0.29, 0.717) is 18.2 Å². The molecule has 0 aliphatic rings. The van der Waals surface area contributed by atoms with Gasteiger partial charge in [0, 0.05) is 11.3 Å². The Morgan fingerprint density at radius 1 is 1.28 bits per heavy atom. The first-order chi connectivity index (χ1) is 8.63. The van der Waals surface area contributed by atoms with Crippen LogP contribution in [-0.2, 0) is 6.54 Å². The quantitative estimate of drug-likeness (QED) is 0.772. The maximum absolute atomic E-state index is 11.0. The van der Waals surface area contributed by atoms with Gasteiger partial charge in [0.25, 0.3) is 0 Å². The Hall–Kier alpha value is -1.90. The lowest BCUT2D eigenvalue weighted by Gasteiger charge is -2.11. The highest BCUT2D eigenvalue weighted by atomic mass is 16.1. The van der Waals surface area contributed by atoms with Gasteiger partial charge in [0.15, 0.2) is 6.29 Å². The van der Waals surface area contributed by atoms with Crippen LogP contribution in [0.5, 0.6) is 0 Å². The summed E-state index contributed by atoms with van der Waals surface area (Å²) in [7, 11) is 0. The molecular formula is C15H18N2O. The van der Waals surface area contributed by atoms with Crippen LogP contribution in [0.4, 0.5) is 0 Å². The molecule has 1 aromatic heterocycles. The van der Waals surface area contributed by atoms with Crippen molar-refractivity contribution < 1.29 is 4.79 Å². The van der Waals surface area contributed by atoms with Crippen LogP contribution in [0.25, 0.3) is 0 Å². The van der Waals surface area contributed by atoms with E-state index in [4.69, 9.17) is 0 Å². The van der Waals surface area contributed by atoms with Crippen molar-refractivity contribution in [3.63, 3.8) is 0 Å². The van der Waals surface area contributed by atoms with E-state index in [0.717, 1.165) is 17.5 Å². The zero-order valence-electron chi connectivity index (χ0n) is 11.1. The Labute approximate surface area is 107 Å². The molecule has 0 fully saturated rings. The molecule has 3 heteroatoms. The van der Waals surface area contributed by atoms with E-state index in [-0.39, 0.29) is 0 Å². The van der Waals surface area contributed by atoms with Crippen molar-refractivity contribution in [1.29, 1.82) is 0 Å². The lowest BCUT2D eigenvalue weighted by Crippen LogP contribution is -2.08. The van der Waals surface area contributed by atoms with E-state index in [9.17, 15) is 4.79 Å². The molecule has 94 valence electrons. The minimum Gasteiger partial charge on any atom is -0.296 e. The zero-order chi connectivity index (χ0) is 13.1. The third kappa shape index (κ3) is 2.35. The number of aldehydes is 1. The van der Waals surface area contributed by atoms with E-state index in [1.165, 1.54) is 5.56 Å². The number of carbonyl (C=O) groups excluding carboxylic acids is 1. The summed E-state index contributed by atoms with van der Waals surface area (Å²) in [6.07, 6.45) is 0.836. The Bertz CT molecular complexity index is 541. The third-order valence-corrected chi connectivity index (χ3v) is 3.11. The van der Waals surface area contributed by atoms with Crippen LogP contribution in [0.15, 0.2) is 30.3 Å². The maximum atomic E-state index is 11.0. The topological polar surface area (TPSA) is 34.9 Å². The highest BCUT2D eigenvalue weighted by molar-refractivity contribution is 5.74. The second-order valence-electron chi connectivity index (χ2n) is 4.81. The van der Waals surface area contributed by atoms with E-state index in [1.54, 1.807) is 0 Å². The largest absolute Gasteiger partial charge is 0.296 e. The highest BCUT2D eigenvalue weighted by Crippen LogP contribution is 2.22. The average molecular weight is 242 g/mol. The summed E-state index contributed by atoms with van der Waals surface area (Å²) >= 11 is 0. The van der Waals surface area contributed by atoms with Gasteiger partial charge in [-0.25, -0.2) is 0 Å². The summed E-state index contributed by atoms with van der Waals surface area (Å²) < 4.78 is 1.94. The lowest BCUT2D eigenvalue weighted by molar-refractivity contribution is 0.111. The number of rotatable bonds is 4. The van der Waals surface area contributed by atoms with Crippen molar-refractivity contribution in [1.82, 2.24) is 9.78 Å². The first kappa shape index (κ1) is 12.6. The predicted octanol–water partition coefficient (Wildman–Crippen LogP) is 3.18. The van der Waals surface area contributed by atoms with Crippen LogP contribution in [0.1, 0.15) is 47.1 Å². The lowest BCUT2D eigenvalue weighted by atomic mass is 10.0. The molecule has 0 N–H and O–H groups in total. The van der Waals surface area contributed by atoms with Gasteiger partial charge in [-0.15, -0.1) is 0 Å². The van der Waals surface area contributed by atoms with Crippen LogP contribution in [0, 0.1) is 6.92 Å². The van der Waals surface area contributed by atoms with Gasteiger partial charge in [-0.1, -0.05) is 44.2 Å². The molecule has 0 bridgehead atoms. The van der Waals surface area contributed by atoms with Crippen molar-refractivity contribution in [3.8, 4) is 0 Å². The molecule has 1 heterocycles. The molecule has 2 aromatic rings. The number of hydrogen-bond acceptors (Lipinski definition) is 2. The van der Waals surface area contributed by atoms with E-state index < -0.39 is 0 Å². The number of benzene rings is 1. The van der Waals surface area contributed by atoms with Gasteiger partial charge >= 0.3 is 0 Å². The minimum absolute atomic E-state index is 0.356. The van der Waals surface area contributed by atoms with Crippen molar-refractivity contribution >= 4 is 6.29 Å². The summed E-state index contributed by atoms with van der Waals surface area (Å²) in [6, 6.07) is 10.2. The van der Waals surface area contributed by atoms with Gasteiger partial charge in [-0.3, -0.25) is 9.48 Å². The fraction of sp³-hybridized carbons (Fsp3) is 0.333. The first-order valence-corrected chi connectivity index (χ1v) is 6.20. The third-order valence-electron chi connectivity index (χ3n) is 3.11. The van der Waals surface area contributed by atoms with Gasteiger partial charge in [0.2, 0.25) is 0 Å². The van der Waals surface area contributed by atoms with E-state index in [2.05, 4.69) is 31.1 Å². The normalized spacial score (nSPS) is 10.9. The van der Waals surface area contributed by atoms with Crippen molar-refractivity contribution in [2.75, 3.05) is 0 Å². The molecule has 0 saturated carbocycles. The Morgan fingerprint density at radius 3 is 2.50 bits per heavy atom. The second-order valence-corrected chi connectivity index (χ2v) is 4.81. The van der Waals surface area contributed by atoms with E-state index in [1.807, 2.05) is 29.8 Å². The molecule has 0 aliphatic heterocycles. The molecule has 0 spiro atoms. The van der Waals surface area contributed by atoms with Gasteiger partial charge in [-0.2, -0.15) is 5.10 Å². The summed E-state index contributed by atoms with van der Waals surface area (Å²) in [5.41, 5.74) is 3.88. The molecule has 2 rings (SSSR count). The molecule has 0 unspecified atom stereocenters. The highest BCUT2D eigenvalue weighted by Gasteiger charge is 2.16. The minimum atomic E-state index is 0.356. The van der Waals surface area contributed by atoms with Gasteiger partial charge in [-0.05, 0) is 18.4 Å². The van der Waals surface area contributed by atoms with Crippen molar-refractivity contribution in [3.05, 3.63) is 52.8 Å². The van der Waals surface area contributed by atoms with Crippen LogP contribution in [0.3, 0.4) is 0 Å². The number of carbonyl (C=O) groups is 1. The van der Waals surface area contributed by atoms with Gasteiger partial charge < -0.3 is 0 Å². The van der Waals surface area contributed by atoms with Crippen molar-refractivity contribution in [2.45, 2.75) is 33.2 Å². The van der Waals surface area contributed by atoms with Gasteiger partial charge in [0.05, 0.1) is 6.54 Å². The molecule has 0 aliphatic carbocycles. The van der Waals surface area contributed by atoms with Crippen LogP contribution in [-0.4, -0.2) is 16.1 Å². The van der Waals surface area contributed by atoms with Gasteiger partial charge in [0.1, 0.15) is 5.69 Å². The molecule has 0 atom stereocenters. The van der Waals surface area contributed by atoms with Crippen molar-refractivity contribution in [2.24, 2.45) is 0 Å². The fourth-order valence-corrected chi connectivity index (χ4v) is 2.30. The standard InChI is InChI=1S/C15H18N2O/c1-11(2)15-12(3)14(10-18)16-17(15)9-13-7-5-4-6-8-13/h4-8,10-11H,9H2,1-3H3. The van der Waals surface area contributed by atoms with Crippen LogP contribution < -0.4 is 0 Å².